The van der Waals surface area contributed by atoms with E-state index in [2.05, 4.69) is 22.0 Å². The van der Waals surface area contributed by atoms with Gasteiger partial charge in [-0.1, -0.05) is 36.0 Å². The molecule has 3 nitrogen and oxygen atoms in total. The lowest BCUT2D eigenvalue weighted by molar-refractivity contribution is 0.615. The highest BCUT2D eigenvalue weighted by molar-refractivity contribution is 6.33. The zero-order valence-electron chi connectivity index (χ0n) is 9.29. The van der Waals surface area contributed by atoms with Crippen molar-refractivity contribution in [1.82, 2.24) is 10.2 Å². The highest BCUT2D eigenvalue weighted by Crippen LogP contribution is 2.30. The van der Waals surface area contributed by atoms with E-state index in [4.69, 9.17) is 23.2 Å². The Kier molecular flexibility index (Phi) is 3.87. The van der Waals surface area contributed by atoms with Crippen molar-refractivity contribution in [2.75, 3.05) is 11.4 Å². The van der Waals surface area contributed by atoms with E-state index in [1.807, 2.05) is 0 Å². The van der Waals surface area contributed by atoms with E-state index in [1.54, 1.807) is 6.07 Å². The lowest BCUT2D eigenvalue weighted by Crippen LogP contribution is -2.32. The Balaban J connectivity index is 2.29. The third-order valence-corrected chi connectivity index (χ3v) is 3.52. The Morgan fingerprint density at radius 2 is 2.06 bits per heavy atom. The van der Waals surface area contributed by atoms with Crippen LogP contribution in [0.1, 0.15) is 32.6 Å². The summed E-state index contributed by atoms with van der Waals surface area (Å²) in [5.74, 6) is 0. The van der Waals surface area contributed by atoms with E-state index in [0.717, 1.165) is 12.2 Å². The molecule has 1 aliphatic heterocycles. The highest BCUT2D eigenvalue weighted by Gasteiger charge is 2.20. The van der Waals surface area contributed by atoms with Gasteiger partial charge < -0.3 is 4.90 Å². The molecule has 16 heavy (non-hydrogen) atoms. The van der Waals surface area contributed by atoms with Crippen molar-refractivity contribution in [3.8, 4) is 0 Å². The summed E-state index contributed by atoms with van der Waals surface area (Å²) in [6, 6.07) is 2.29. The number of aromatic nitrogens is 2. The van der Waals surface area contributed by atoms with E-state index in [9.17, 15) is 0 Å². The molecule has 0 radical (unpaired) electrons. The summed E-state index contributed by atoms with van der Waals surface area (Å²) in [7, 11) is 0. The van der Waals surface area contributed by atoms with Gasteiger partial charge in [-0.3, -0.25) is 0 Å². The van der Waals surface area contributed by atoms with E-state index in [-0.39, 0.29) is 0 Å². The molecule has 88 valence electrons. The number of halogens is 2. The van der Waals surface area contributed by atoms with Crippen molar-refractivity contribution >= 4 is 28.9 Å². The van der Waals surface area contributed by atoms with Crippen molar-refractivity contribution in [3.05, 3.63) is 16.4 Å². The van der Waals surface area contributed by atoms with Crippen molar-refractivity contribution in [2.24, 2.45) is 0 Å². The van der Waals surface area contributed by atoms with Gasteiger partial charge in [0.1, 0.15) is 0 Å². The van der Waals surface area contributed by atoms with Gasteiger partial charge in [0.25, 0.3) is 0 Å². The monoisotopic (exact) mass is 259 g/mol. The molecule has 1 aromatic rings. The second-order valence-electron chi connectivity index (χ2n) is 4.23. The van der Waals surface area contributed by atoms with Crippen LogP contribution in [-0.4, -0.2) is 22.8 Å². The maximum Gasteiger partial charge on any atom is 0.175 e. The van der Waals surface area contributed by atoms with Crippen LogP contribution >= 0.6 is 23.2 Å². The van der Waals surface area contributed by atoms with Crippen molar-refractivity contribution in [2.45, 2.75) is 38.6 Å². The van der Waals surface area contributed by atoms with Gasteiger partial charge in [-0.25, -0.2) is 0 Å². The molecule has 0 spiro atoms. The summed E-state index contributed by atoms with van der Waals surface area (Å²) in [5, 5.41) is 8.44. The molecule has 5 heteroatoms. The first kappa shape index (κ1) is 11.9. The molecule has 0 aromatic carbocycles. The van der Waals surface area contributed by atoms with Gasteiger partial charge in [-0.05, 0) is 19.8 Å². The molecule has 0 bridgehead atoms. The standard InChI is InChI=1S/C11H15Cl2N3/c1-8-5-3-2-4-6-16(8)9-7-10(12)14-15-11(9)13/h7-8H,2-6H2,1H3. The molecule has 1 fully saturated rings. The van der Waals surface area contributed by atoms with Gasteiger partial charge in [-0.2, -0.15) is 0 Å². The van der Waals surface area contributed by atoms with E-state index in [0.29, 0.717) is 16.3 Å². The Labute approximate surface area is 106 Å². The maximum atomic E-state index is 6.07. The minimum Gasteiger partial charge on any atom is -0.366 e. The maximum absolute atomic E-state index is 6.07. The van der Waals surface area contributed by atoms with Gasteiger partial charge in [-0.15, -0.1) is 10.2 Å². The first-order valence-corrected chi connectivity index (χ1v) is 6.39. The molecular weight excluding hydrogens is 245 g/mol. The summed E-state index contributed by atoms with van der Waals surface area (Å²) in [4.78, 5) is 2.29. The molecule has 2 heterocycles. The zero-order chi connectivity index (χ0) is 11.5. The number of hydrogen-bond donors (Lipinski definition) is 0. The molecule has 1 unspecified atom stereocenters. The molecule has 0 aliphatic carbocycles. The van der Waals surface area contributed by atoms with E-state index < -0.39 is 0 Å². The van der Waals surface area contributed by atoms with E-state index in [1.165, 1.54) is 25.7 Å². The summed E-state index contributed by atoms with van der Waals surface area (Å²) in [6.07, 6.45) is 4.95. The Hall–Kier alpha value is -0.540. The lowest BCUT2D eigenvalue weighted by Gasteiger charge is -2.29. The van der Waals surface area contributed by atoms with Crippen LogP contribution in [0.2, 0.25) is 10.3 Å². The Morgan fingerprint density at radius 3 is 2.88 bits per heavy atom. The van der Waals surface area contributed by atoms with Crippen LogP contribution in [0.25, 0.3) is 0 Å². The zero-order valence-corrected chi connectivity index (χ0v) is 10.8. The normalized spacial score (nSPS) is 21.9. The third-order valence-electron chi connectivity index (χ3n) is 3.06. The number of rotatable bonds is 1. The predicted octanol–water partition coefficient (Wildman–Crippen LogP) is 3.55. The second-order valence-corrected chi connectivity index (χ2v) is 4.98. The van der Waals surface area contributed by atoms with Gasteiger partial charge >= 0.3 is 0 Å². The molecule has 1 atom stereocenters. The van der Waals surface area contributed by atoms with Crippen LogP contribution in [0.4, 0.5) is 5.69 Å². The molecular formula is C11H15Cl2N3. The van der Waals surface area contributed by atoms with Crippen LogP contribution in [0.15, 0.2) is 6.07 Å². The van der Waals surface area contributed by atoms with Crippen LogP contribution in [-0.2, 0) is 0 Å². The molecule has 0 N–H and O–H groups in total. The summed E-state index contributed by atoms with van der Waals surface area (Å²) in [6.45, 7) is 3.24. The van der Waals surface area contributed by atoms with Gasteiger partial charge in [0.2, 0.25) is 0 Å². The molecule has 2 rings (SSSR count). The summed E-state index contributed by atoms with van der Waals surface area (Å²) in [5.41, 5.74) is 0.913. The van der Waals surface area contributed by atoms with Gasteiger partial charge in [0.15, 0.2) is 10.3 Å². The molecule has 0 saturated carbocycles. The minimum atomic E-state index is 0.399. The average Bonchev–Trinajstić information content (AvgIpc) is 2.47. The first-order chi connectivity index (χ1) is 7.68. The summed E-state index contributed by atoms with van der Waals surface area (Å²) >= 11 is 11.9. The molecule has 1 aromatic heterocycles. The Morgan fingerprint density at radius 1 is 1.25 bits per heavy atom. The number of hydrogen-bond acceptors (Lipinski definition) is 3. The second kappa shape index (κ2) is 5.19. The first-order valence-electron chi connectivity index (χ1n) is 5.64. The topological polar surface area (TPSA) is 29.0 Å². The average molecular weight is 260 g/mol. The molecule has 1 saturated heterocycles. The fraction of sp³-hybridized carbons (Fsp3) is 0.636. The predicted molar refractivity (Wildman–Crippen MR) is 67.3 cm³/mol. The van der Waals surface area contributed by atoms with Crippen molar-refractivity contribution in [1.29, 1.82) is 0 Å². The van der Waals surface area contributed by atoms with E-state index >= 15 is 0 Å². The van der Waals surface area contributed by atoms with Crippen molar-refractivity contribution < 1.29 is 0 Å². The minimum absolute atomic E-state index is 0.399. The van der Waals surface area contributed by atoms with Crippen molar-refractivity contribution in [3.63, 3.8) is 0 Å². The largest absolute Gasteiger partial charge is 0.366 e. The number of anilines is 1. The molecule has 1 aliphatic rings. The van der Waals surface area contributed by atoms with Gasteiger partial charge in [0.05, 0.1) is 5.69 Å². The lowest BCUT2D eigenvalue weighted by atomic mass is 10.1. The van der Waals surface area contributed by atoms with Gasteiger partial charge in [0, 0.05) is 18.7 Å². The fourth-order valence-corrected chi connectivity index (χ4v) is 2.52. The van der Waals surface area contributed by atoms with Crippen LogP contribution in [0, 0.1) is 0 Å². The molecule has 0 amide bonds. The van der Waals surface area contributed by atoms with Crippen LogP contribution in [0.3, 0.4) is 0 Å². The third kappa shape index (κ3) is 2.58. The number of nitrogens with zero attached hydrogens (tertiary/aromatic N) is 3. The summed E-state index contributed by atoms with van der Waals surface area (Å²) < 4.78 is 0. The SMILES string of the molecule is CC1CCCCCN1c1cc(Cl)nnc1Cl. The quantitative estimate of drug-likeness (QED) is 0.773. The van der Waals surface area contributed by atoms with Crippen LogP contribution in [0.5, 0.6) is 0 Å². The fourth-order valence-electron chi connectivity index (χ4n) is 2.18. The highest BCUT2D eigenvalue weighted by atomic mass is 35.5. The smallest absolute Gasteiger partial charge is 0.175 e. The Bertz CT molecular complexity index is 370. The van der Waals surface area contributed by atoms with Crippen LogP contribution < -0.4 is 4.90 Å².